The van der Waals surface area contributed by atoms with Crippen LogP contribution in [0.15, 0.2) is 91.4 Å². The minimum absolute atomic E-state index is 0.0405. The van der Waals surface area contributed by atoms with Crippen LogP contribution in [-0.4, -0.2) is 69.9 Å². The molecule has 2 aromatic carbocycles. The van der Waals surface area contributed by atoms with Crippen LogP contribution < -0.4 is 4.18 Å². The quantitative estimate of drug-likeness (QED) is 0.0659. The molecule has 4 aromatic heterocycles. The molecule has 2 saturated heterocycles. The Balaban J connectivity index is 0.000000201. The van der Waals surface area contributed by atoms with E-state index >= 15 is 0 Å². The second-order valence-corrected chi connectivity index (χ2v) is 24.6. The highest BCUT2D eigenvalue weighted by Gasteiger charge is 2.49. The summed E-state index contributed by atoms with van der Waals surface area (Å²) < 4.78 is 119. The second-order valence-electron chi connectivity index (χ2n) is 23.0. The number of ether oxygens (including phenoxy) is 4. The number of hydrogen-bond acceptors (Lipinski definition) is 11. The van der Waals surface area contributed by atoms with Crippen LogP contribution in [0, 0.1) is 11.6 Å². The fourth-order valence-corrected chi connectivity index (χ4v) is 12.1. The average molecular weight is 1150 g/mol. The number of aryl methyl sites for hydroxylation is 2. The molecule has 436 valence electrons. The normalized spacial score (nSPS) is 20.5. The van der Waals surface area contributed by atoms with Crippen molar-refractivity contribution in [3.05, 3.63) is 148 Å². The molecule has 2 fully saturated rings. The number of benzene rings is 2. The molecule has 0 radical (unpaired) electrons. The fourth-order valence-electron chi connectivity index (χ4n) is 11.7. The van der Waals surface area contributed by atoms with Gasteiger partial charge in [0.05, 0.1) is 47.2 Å². The summed E-state index contributed by atoms with van der Waals surface area (Å²) in [4.78, 5) is 18.8. The van der Waals surface area contributed by atoms with Crippen molar-refractivity contribution in [2.24, 2.45) is 0 Å². The SMILES string of the molecule is CC[C@H]1C[C@@H](/C=C/c2c(C(C)C)nc3c(c2-c2ccc(F)cc2)CCCc2cc(OS(=O)(=O)C(F)(F)F)ncc2-3)OC(C)(C)O1.CC[C@H]1C[C@@H](/C=C/c2c(C(C)C)nc3c(c2-c2ccc(F)cc2)CCCc2ccncc2-3)OC(C)(C)O1. The summed E-state index contributed by atoms with van der Waals surface area (Å²) in [5, 5.41) is 0. The van der Waals surface area contributed by atoms with Gasteiger partial charge in [-0.25, -0.2) is 13.8 Å². The highest BCUT2D eigenvalue weighted by Crippen LogP contribution is 2.45. The molecule has 17 heteroatoms. The molecule has 10 rings (SSSR count). The Labute approximate surface area is 478 Å². The fraction of sp³-hybridized carbons (Fsp3) is 0.446. The molecule has 2 aliphatic heterocycles. The molecule has 0 spiro atoms. The molecule has 0 saturated carbocycles. The van der Waals surface area contributed by atoms with Crippen LogP contribution >= 0.6 is 0 Å². The molecule has 4 aliphatic rings. The Bertz CT molecular complexity index is 3450. The number of hydrogen-bond donors (Lipinski definition) is 0. The number of halogens is 5. The van der Waals surface area contributed by atoms with Crippen LogP contribution in [0.1, 0.15) is 164 Å². The summed E-state index contributed by atoms with van der Waals surface area (Å²) in [6.45, 7) is 20.4. The summed E-state index contributed by atoms with van der Waals surface area (Å²) >= 11 is 0. The number of aromatic nitrogens is 4. The van der Waals surface area contributed by atoms with E-state index in [9.17, 15) is 30.4 Å². The summed E-state index contributed by atoms with van der Waals surface area (Å²) in [6.07, 6.45) is 21.2. The number of fused-ring (bicyclic) bond motifs is 6. The van der Waals surface area contributed by atoms with Gasteiger partial charge in [0.15, 0.2) is 11.6 Å². The van der Waals surface area contributed by atoms with Crippen molar-refractivity contribution >= 4 is 22.3 Å². The van der Waals surface area contributed by atoms with E-state index in [1.54, 1.807) is 24.3 Å². The first-order chi connectivity index (χ1) is 38.8. The predicted molar refractivity (Wildman–Crippen MR) is 309 cm³/mol. The van der Waals surface area contributed by atoms with Gasteiger partial charge in [-0.15, -0.1) is 0 Å². The van der Waals surface area contributed by atoms with E-state index in [0.29, 0.717) is 42.5 Å². The second kappa shape index (κ2) is 24.5. The predicted octanol–water partition coefficient (Wildman–Crippen LogP) is 16.0. The van der Waals surface area contributed by atoms with E-state index in [1.165, 1.54) is 35.5 Å². The topological polar surface area (TPSA) is 132 Å². The van der Waals surface area contributed by atoms with Gasteiger partial charge in [0.25, 0.3) is 0 Å². The van der Waals surface area contributed by atoms with Gasteiger partial charge in [-0.05, 0) is 166 Å². The summed E-state index contributed by atoms with van der Waals surface area (Å²) in [5.41, 5.74) is 9.17. The number of alkyl halides is 3. The first kappa shape index (κ1) is 60.4. The van der Waals surface area contributed by atoms with Gasteiger partial charge in [0.2, 0.25) is 5.88 Å². The molecule has 0 bridgehead atoms. The lowest BCUT2D eigenvalue weighted by atomic mass is 9.86. The maximum Gasteiger partial charge on any atom is 0.534 e. The Morgan fingerprint density at radius 3 is 1.54 bits per heavy atom. The van der Waals surface area contributed by atoms with Crippen LogP contribution in [0.2, 0.25) is 0 Å². The molecule has 82 heavy (non-hydrogen) atoms. The molecule has 0 N–H and O–H groups in total. The molecule has 0 amide bonds. The van der Waals surface area contributed by atoms with Crippen molar-refractivity contribution in [3.63, 3.8) is 0 Å². The maximum atomic E-state index is 14.1. The molecular formula is C65H73F5N4O7S. The van der Waals surface area contributed by atoms with Crippen LogP contribution in [0.3, 0.4) is 0 Å². The van der Waals surface area contributed by atoms with E-state index in [-0.39, 0.29) is 47.9 Å². The van der Waals surface area contributed by atoms with Gasteiger partial charge < -0.3 is 23.1 Å². The third-order valence-corrected chi connectivity index (χ3v) is 16.3. The van der Waals surface area contributed by atoms with Gasteiger partial charge in [0.1, 0.15) is 11.6 Å². The first-order valence-corrected chi connectivity index (χ1v) is 29.9. The monoisotopic (exact) mass is 1150 g/mol. The van der Waals surface area contributed by atoms with E-state index < -0.39 is 33.1 Å². The molecule has 6 aromatic rings. The van der Waals surface area contributed by atoms with E-state index in [2.05, 4.69) is 60.1 Å². The van der Waals surface area contributed by atoms with Crippen molar-refractivity contribution in [3.8, 4) is 50.6 Å². The zero-order valence-corrected chi connectivity index (χ0v) is 49.1. The first-order valence-electron chi connectivity index (χ1n) is 28.5. The minimum atomic E-state index is -5.88. The lowest BCUT2D eigenvalue weighted by Crippen LogP contribution is -2.43. The maximum absolute atomic E-state index is 14.1. The third-order valence-electron chi connectivity index (χ3n) is 15.3. The van der Waals surface area contributed by atoms with Crippen molar-refractivity contribution in [1.82, 2.24) is 19.9 Å². The molecule has 6 heterocycles. The Morgan fingerprint density at radius 2 is 1.10 bits per heavy atom. The van der Waals surface area contributed by atoms with Crippen molar-refractivity contribution in [2.75, 3.05) is 0 Å². The molecule has 4 atom stereocenters. The number of nitrogens with zero attached hydrogens (tertiary/aromatic N) is 4. The van der Waals surface area contributed by atoms with E-state index in [1.807, 2.05) is 78.2 Å². The van der Waals surface area contributed by atoms with Crippen LogP contribution in [0.5, 0.6) is 5.88 Å². The lowest BCUT2D eigenvalue weighted by molar-refractivity contribution is -0.290. The van der Waals surface area contributed by atoms with Crippen LogP contribution in [0.25, 0.3) is 56.9 Å². The minimum Gasteiger partial charge on any atom is -0.355 e. The summed E-state index contributed by atoms with van der Waals surface area (Å²) in [7, 11) is -5.88. The standard InChI is InChI=1S/C33H36F4N2O5S.C32H37FN2O2/c1-6-23-17-24(43-32(4,5)42-23)14-15-26-29(20-10-12-22(34)13-11-20)25-9-7-8-21-16-28(44-45(40,41)33(35,36)37)38-18-27(21)31(25)39-30(26)19(2)3;1-6-24-18-25(37-32(4,5)36-24)14-15-27-29(22-10-12-23(33)13-11-22)26-9-7-8-21-16-17-34-19-28(21)31(26)35-30(27)20(2)3/h10-16,18-19,23-24H,6-9,17H2,1-5H3;10-17,19-20,24-25H,6-9,18H2,1-5H3/b2*15-14+/t23-,24+;24-,25+/m00/s1. The van der Waals surface area contributed by atoms with Crippen LogP contribution in [-0.2, 0) is 54.7 Å². The van der Waals surface area contributed by atoms with Crippen molar-refractivity contribution in [1.29, 1.82) is 0 Å². The van der Waals surface area contributed by atoms with Gasteiger partial charge in [-0.1, -0.05) is 90.1 Å². The number of pyridine rings is 4. The smallest absolute Gasteiger partial charge is 0.355 e. The van der Waals surface area contributed by atoms with Crippen molar-refractivity contribution < 1.29 is 53.5 Å². The zero-order valence-electron chi connectivity index (χ0n) is 48.3. The van der Waals surface area contributed by atoms with Crippen LogP contribution in [0.4, 0.5) is 22.0 Å². The average Bonchev–Trinajstić information content (AvgIpc) is 3.92. The molecular weight excluding hydrogens is 1080 g/mol. The molecule has 2 aliphatic carbocycles. The third kappa shape index (κ3) is 13.5. The summed E-state index contributed by atoms with van der Waals surface area (Å²) in [6, 6.07) is 16.5. The van der Waals surface area contributed by atoms with Gasteiger partial charge in [-0.2, -0.15) is 21.6 Å². The van der Waals surface area contributed by atoms with Gasteiger partial charge in [-0.3, -0.25) is 15.0 Å². The largest absolute Gasteiger partial charge is 0.534 e. The Hall–Kier alpha value is -6.24. The zero-order chi connectivity index (χ0) is 58.9. The summed E-state index contributed by atoms with van der Waals surface area (Å²) in [5.74, 6) is -2.51. The number of rotatable bonds is 12. The Morgan fingerprint density at radius 1 is 0.646 bits per heavy atom. The Kier molecular flexibility index (Phi) is 18.1. The van der Waals surface area contributed by atoms with Gasteiger partial charge >= 0.3 is 15.6 Å². The molecule has 0 unspecified atom stereocenters. The van der Waals surface area contributed by atoms with Gasteiger partial charge in [0, 0.05) is 59.8 Å². The van der Waals surface area contributed by atoms with E-state index in [0.717, 1.165) is 100 Å². The van der Waals surface area contributed by atoms with Crippen molar-refractivity contribution in [2.45, 2.75) is 187 Å². The lowest BCUT2D eigenvalue weighted by Gasteiger charge is -2.39. The highest BCUT2D eigenvalue weighted by molar-refractivity contribution is 7.88. The molecule has 11 nitrogen and oxygen atoms in total. The highest BCUT2D eigenvalue weighted by atomic mass is 32.2. The van der Waals surface area contributed by atoms with E-state index in [4.69, 9.17) is 28.9 Å².